The maximum atomic E-state index is 13.1. The number of halogens is 1. The van der Waals surface area contributed by atoms with E-state index in [2.05, 4.69) is 10.0 Å². The van der Waals surface area contributed by atoms with Gasteiger partial charge in [0.05, 0.1) is 5.75 Å². The molecule has 0 radical (unpaired) electrons. The summed E-state index contributed by atoms with van der Waals surface area (Å²) in [4.78, 5) is 25.5. The number of nitrogens with one attached hydrogen (secondary N) is 2. The number of benzene rings is 1. The lowest BCUT2D eigenvalue weighted by atomic mass is 9.98. The highest BCUT2D eigenvalue weighted by Crippen LogP contribution is 2.34. The number of hydrogen-bond acceptors (Lipinski definition) is 4. The van der Waals surface area contributed by atoms with Crippen LogP contribution in [0.4, 0.5) is 9.18 Å². The van der Waals surface area contributed by atoms with Crippen LogP contribution in [0.25, 0.3) is 0 Å². The van der Waals surface area contributed by atoms with E-state index in [1.54, 1.807) is 12.1 Å². The summed E-state index contributed by atoms with van der Waals surface area (Å²) >= 11 is 0. The smallest absolute Gasteiger partial charge is 0.323 e. The molecule has 3 rings (SSSR count). The summed E-state index contributed by atoms with van der Waals surface area (Å²) in [5.41, 5.74) is -0.143. The molecule has 142 valence electrons. The summed E-state index contributed by atoms with van der Waals surface area (Å²) < 4.78 is 39.8. The fourth-order valence-electron chi connectivity index (χ4n) is 3.52. The van der Waals surface area contributed by atoms with Gasteiger partial charge in [-0.05, 0) is 37.0 Å². The molecule has 1 heterocycles. The van der Waals surface area contributed by atoms with Crippen LogP contribution >= 0.6 is 0 Å². The summed E-state index contributed by atoms with van der Waals surface area (Å²) in [7, 11) is -3.65. The van der Waals surface area contributed by atoms with Crippen molar-refractivity contribution in [2.75, 3.05) is 18.8 Å². The second-order valence-corrected chi connectivity index (χ2v) is 8.70. The molecular weight excluding hydrogens is 361 g/mol. The third-order valence-electron chi connectivity index (χ3n) is 4.91. The molecule has 26 heavy (non-hydrogen) atoms. The Morgan fingerprint density at radius 1 is 1.23 bits per heavy atom. The first kappa shape index (κ1) is 18.8. The molecule has 1 saturated heterocycles. The van der Waals surface area contributed by atoms with Gasteiger partial charge >= 0.3 is 6.03 Å². The number of hydrogen-bond donors (Lipinski definition) is 2. The lowest BCUT2D eigenvalue weighted by Crippen LogP contribution is -2.44. The lowest BCUT2D eigenvalue weighted by Gasteiger charge is -2.20. The van der Waals surface area contributed by atoms with Crippen LogP contribution in [0.15, 0.2) is 24.3 Å². The van der Waals surface area contributed by atoms with E-state index in [9.17, 15) is 22.4 Å². The molecular formula is C17H22FN3O4S. The van der Waals surface area contributed by atoms with Crippen molar-refractivity contribution < 1.29 is 22.4 Å². The van der Waals surface area contributed by atoms with Crippen LogP contribution in [-0.4, -0.2) is 49.6 Å². The molecule has 2 N–H and O–H groups in total. The van der Waals surface area contributed by atoms with Crippen LogP contribution in [-0.2, 0) is 21.2 Å². The average molecular weight is 383 g/mol. The number of amides is 3. The molecule has 0 bridgehead atoms. The normalized spacial score (nSPS) is 19.3. The van der Waals surface area contributed by atoms with Crippen LogP contribution < -0.4 is 10.0 Å². The van der Waals surface area contributed by atoms with Crippen LogP contribution in [0.3, 0.4) is 0 Å². The maximum Gasteiger partial charge on any atom is 0.325 e. The lowest BCUT2D eigenvalue weighted by molar-refractivity contribution is -0.130. The van der Waals surface area contributed by atoms with Gasteiger partial charge in [-0.25, -0.2) is 22.3 Å². The summed E-state index contributed by atoms with van der Waals surface area (Å²) in [5, 5.41) is 2.72. The predicted molar refractivity (Wildman–Crippen MR) is 93.3 cm³/mol. The van der Waals surface area contributed by atoms with Crippen molar-refractivity contribution in [2.24, 2.45) is 0 Å². The van der Waals surface area contributed by atoms with Gasteiger partial charge in [0, 0.05) is 13.1 Å². The molecule has 1 spiro atoms. The second-order valence-electron chi connectivity index (χ2n) is 6.77. The maximum absolute atomic E-state index is 13.1. The van der Waals surface area contributed by atoms with Gasteiger partial charge in [-0.2, -0.15) is 0 Å². The van der Waals surface area contributed by atoms with E-state index in [0.717, 1.165) is 17.7 Å². The summed E-state index contributed by atoms with van der Waals surface area (Å²) in [5.74, 6) is -1.05. The number of sulfonamides is 1. The zero-order valence-corrected chi connectivity index (χ0v) is 15.1. The molecule has 7 nitrogen and oxygen atoms in total. The van der Waals surface area contributed by atoms with Crippen molar-refractivity contribution in [1.82, 2.24) is 14.9 Å². The highest BCUT2D eigenvalue weighted by atomic mass is 32.2. The molecule has 1 aromatic carbocycles. The first-order valence-electron chi connectivity index (χ1n) is 8.67. The zero-order chi connectivity index (χ0) is 18.8. The molecule has 3 amide bonds. The van der Waals surface area contributed by atoms with Gasteiger partial charge in [0.2, 0.25) is 10.0 Å². The van der Waals surface area contributed by atoms with Crippen molar-refractivity contribution in [3.8, 4) is 0 Å². The van der Waals surface area contributed by atoms with Crippen LogP contribution in [0.1, 0.15) is 31.2 Å². The second kappa shape index (κ2) is 7.32. The Morgan fingerprint density at radius 2 is 1.96 bits per heavy atom. The van der Waals surface area contributed by atoms with Gasteiger partial charge in [0.1, 0.15) is 11.4 Å². The Kier molecular flexibility index (Phi) is 5.29. The topological polar surface area (TPSA) is 95.6 Å². The van der Waals surface area contributed by atoms with Crippen molar-refractivity contribution in [1.29, 1.82) is 0 Å². The number of rotatable bonds is 7. The third-order valence-corrected chi connectivity index (χ3v) is 6.28. The minimum absolute atomic E-state index is 0.121. The van der Waals surface area contributed by atoms with E-state index in [1.807, 2.05) is 0 Å². The fraction of sp³-hybridized carbons (Fsp3) is 0.529. The third kappa shape index (κ3) is 4.04. The van der Waals surface area contributed by atoms with Gasteiger partial charge in [-0.15, -0.1) is 0 Å². The van der Waals surface area contributed by atoms with Gasteiger partial charge in [-0.3, -0.25) is 9.69 Å². The molecule has 2 aliphatic rings. The average Bonchev–Trinajstić information content (AvgIpc) is 3.12. The fourth-order valence-corrected chi connectivity index (χ4v) is 4.50. The van der Waals surface area contributed by atoms with Crippen LogP contribution in [0.2, 0.25) is 0 Å². The number of carbonyl (C=O) groups is 2. The minimum Gasteiger partial charge on any atom is -0.323 e. The van der Waals surface area contributed by atoms with E-state index < -0.39 is 21.6 Å². The predicted octanol–water partition coefficient (Wildman–Crippen LogP) is 1.15. The van der Waals surface area contributed by atoms with E-state index in [1.165, 1.54) is 12.1 Å². The molecule has 2 fully saturated rings. The Hall–Kier alpha value is -2.00. The van der Waals surface area contributed by atoms with Crippen molar-refractivity contribution >= 4 is 22.0 Å². The van der Waals surface area contributed by atoms with Gasteiger partial charge < -0.3 is 5.32 Å². The molecule has 1 aliphatic heterocycles. The molecule has 1 aromatic rings. The quantitative estimate of drug-likeness (QED) is 0.691. The molecule has 1 saturated carbocycles. The van der Waals surface area contributed by atoms with Crippen molar-refractivity contribution in [3.05, 3.63) is 35.6 Å². The first-order valence-corrected chi connectivity index (χ1v) is 10.3. The minimum atomic E-state index is -3.65. The number of nitrogens with zero attached hydrogens (tertiary/aromatic N) is 1. The van der Waals surface area contributed by atoms with Gasteiger partial charge in [-0.1, -0.05) is 25.0 Å². The first-order chi connectivity index (χ1) is 12.3. The SMILES string of the molecule is O=C1NC2(CCCC2)C(=O)N1CCS(=O)(=O)NCCc1cccc(F)c1. The molecule has 0 aromatic heterocycles. The monoisotopic (exact) mass is 383 g/mol. The van der Waals surface area contributed by atoms with E-state index in [-0.39, 0.29) is 30.6 Å². The number of urea groups is 1. The zero-order valence-electron chi connectivity index (χ0n) is 14.3. The van der Waals surface area contributed by atoms with E-state index in [4.69, 9.17) is 0 Å². The largest absolute Gasteiger partial charge is 0.325 e. The Morgan fingerprint density at radius 3 is 2.65 bits per heavy atom. The highest BCUT2D eigenvalue weighted by Gasteiger charge is 2.52. The van der Waals surface area contributed by atoms with E-state index in [0.29, 0.717) is 24.8 Å². The Bertz CT molecular complexity index is 806. The van der Waals surface area contributed by atoms with Crippen molar-refractivity contribution in [2.45, 2.75) is 37.6 Å². The standard InChI is InChI=1S/C17H22FN3O4S/c18-14-5-3-4-13(12-14)6-9-19-26(24,25)11-10-21-15(22)17(20-16(21)23)7-1-2-8-17/h3-5,12,19H,1-2,6-11H2,(H,20,23). The van der Waals surface area contributed by atoms with Gasteiger partial charge in [0.25, 0.3) is 5.91 Å². The van der Waals surface area contributed by atoms with Gasteiger partial charge in [0.15, 0.2) is 0 Å². The number of imide groups is 1. The molecule has 0 unspecified atom stereocenters. The van der Waals surface area contributed by atoms with E-state index >= 15 is 0 Å². The van der Waals surface area contributed by atoms with Crippen molar-refractivity contribution in [3.63, 3.8) is 0 Å². The highest BCUT2D eigenvalue weighted by molar-refractivity contribution is 7.89. The molecule has 9 heteroatoms. The Labute approximate surface area is 152 Å². The summed E-state index contributed by atoms with van der Waals surface area (Å²) in [6.45, 7) is -0.0580. The van der Waals surface area contributed by atoms with Crippen LogP contribution in [0.5, 0.6) is 0 Å². The summed E-state index contributed by atoms with van der Waals surface area (Å²) in [6.07, 6.45) is 3.31. The Balaban J connectivity index is 1.50. The molecule has 1 aliphatic carbocycles. The molecule has 0 atom stereocenters. The number of carbonyl (C=O) groups excluding carboxylic acids is 2. The van der Waals surface area contributed by atoms with Crippen LogP contribution in [0, 0.1) is 5.82 Å². The summed E-state index contributed by atoms with van der Waals surface area (Å²) in [6, 6.07) is 5.43.